The minimum Gasteiger partial charge on any atom is -0.481 e. The third kappa shape index (κ3) is 3.60. The molecule has 20 heavy (non-hydrogen) atoms. The number of nitrogens with one attached hydrogen (secondary N) is 1. The molecule has 0 unspecified atom stereocenters. The Bertz CT molecular complexity index is 713. The first-order chi connectivity index (χ1) is 9.39. The lowest BCUT2D eigenvalue weighted by atomic mass is 10.2. The van der Waals surface area contributed by atoms with E-state index in [2.05, 4.69) is 10.3 Å². The van der Waals surface area contributed by atoms with Gasteiger partial charge in [0.25, 0.3) is 0 Å². The second kappa shape index (κ2) is 5.66. The summed E-state index contributed by atoms with van der Waals surface area (Å²) in [5.74, 6) is 0.607. The van der Waals surface area contributed by atoms with Gasteiger partial charge in [0.2, 0.25) is 5.88 Å². The first-order valence-electron chi connectivity index (χ1n) is 6.27. The predicted octanol–water partition coefficient (Wildman–Crippen LogP) is 2.09. The second-order valence-electron chi connectivity index (χ2n) is 4.87. The van der Waals surface area contributed by atoms with Crippen LogP contribution >= 0.6 is 0 Å². The van der Waals surface area contributed by atoms with Crippen molar-refractivity contribution in [2.24, 2.45) is 0 Å². The maximum absolute atomic E-state index is 11.3. The first kappa shape index (κ1) is 14.6. The van der Waals surface area contributed by atoms with Crippen molar-refractivity contribution >= 4 is 26.4 Å². The van der Waals surface area contributed by atoms with E-state index in [4.69, 9.17) is 4.74 Å². The van der Waals surface area contributed by atoms with Crippen molar-refractivity contribution in [1.82, 2.24) is 4.98 Å². The highest BCUT2D eigenvalue weighted by atomic mass is 32.2. The van der Waals surface area contributed by atoms with E-state index in [1.54, 1.807) is 13.2 Å². The van der Waals surface area contributed by atoms with Crippen LogP contribution in [-0.2, 0) is 9.84 Å². The van der Waals surface area contributed by atoms with Crippen LogP contribution in [0, 0.1) is 0 Å². The molecule has 0 aliphatic rings. The van der Waals surface area contributed by atoms with Crippen LogP contribution in [0.1, 0.15) is 6.92 Å². The summed E-state index contributed by atoms with van der Waals surface area (Å²) < 4.78 is 27.8. The normalized spacial score (nSPS) is 13.2. The Kier molecular flexibility index (Phi) is 4.13. The van der Waals surface area contributed by atoms with Gasteiger partial charge in [-0.05, 0) is 19.1 Å². The topological polar surface area (TPSA) is 68.3 Å². The van der Waals surface area contributed by atoms with Crippen molar-refractivity contribution in [3.8, 4) is 5.88 Å². The molecule has 0 bridgehead atoms. The van der Waals surface area contributed by atoms with Gasteiger partial charge in [0.15, 0.2) is 0 Å². The van der Waals surface area contributed by atoms with Crippen LogP contribution in [0.2, 0.25) is 0 Å². The van der Waals surface area contributed by atoms with Gasteiger partial charge in [0.05, 0.1) is 24.1 Å². The standard InChI is InChI=1S/C14H18N2O3S/c1-10(9-20(3,17)18)15-12-6-4-5-11-7-8-13(19-2)16-14(11)12/h4-8,10,15H,9H2,1-3H3/t10-/m0/s1. The van der Waals surface area contributed by atoms with Gasteiger partial charge >= 0.3 is 0 Å². The fourth-order valence-corrected chi connectivity index (χ4v) is 3.11. The molecule has 0 fully saturated rings. The van der Waals surface area contributed by atoms with E-state index in [9.17, 15) is 8.42 Å². The molecule has 0 aliphatic carbocycles. The molecule has 0 aliphatic heterocycles. The molecule has 5 nitrogen and oxygen atoms in total. The molecule has 1 atom stereocenters. The Labute approximate surface area is 118 Å². The fraction of sp³-hybridized carbons (Fsp3) is 0.357. The number of nitrogens with zero attached hydrogens (tertiary/aromatic N) is 1. The molecule has 1 aromatic heterocycles. The minimum atomic E-state index is -3.02. The van der Waals surface area contributed by atoms with Crippen LogP contribution in [0.4, 0.5) is 5.69 Å². The summed E-state index contributed by atoms with van der Waals surface area (Å²) in [6.45, 7) is 1.83. The molecule has 0 amide bonds. The number of ether oxygens (including phenoxy) is 1. The van der Waals surface area contributed by atoms with E-state index in [0.29, 0.717) is 5.88 Å². The van der Waals surface area contributed by atoms with Crippen LogP contribution in [0.3, 0.4) is 0 Å². The SMILES string of the molecule is COc1ccc2cccc(N[C@@H](C)CS(C)(=O)=O)c2n1. The monoisotopic (exact) mass is 294 g/mol. The van der Waals surface area contributed by atoms with E-state index in [0.717, 1.165) is 16.6 Å². The zero-order valence-electron chi connectivity index (χ0n) is 11.8. The number of sulfone groups is 1. The molecular weight excluding hydrogens is 276 g/mol. The number of hydrogen-bond acceptors (Lipinski definition) is 5. The van der Waals surface area contributed by atoms with Gasteiger partial charge in [-0.25, -0.2) is 13.4 Å². The van der Waals surface area contributed by atoms with Gasteiger partial charge in [-0.1, -0.05) is 12.1 Å². The molecule has 0 saturated carbocycles. The van der Waals surface area contributed by atoms with Crippen LogP contribution in [-0.4, -0.2) is 38.6 Å². The van der Waals surface area contributed by atoms with Crippen LogP contribution in [0.25, 0.3) is 10.9 Å². The van der Waals surface area contributed by atoms with Gasteiger partial charge in [-0.3, -0.25) is 0 Å². The average Bonchev–Trinajstić information content (AvgIpc) is 2.36. The van der Waals surface area contributed by atoms with Crippen molar-refractivity contribution in [2.45, 2.75) is 13.0 Å². The van der Waals surface area contributed by atoms with Gasteiger partial charge in [0, 0.05) is 23.8 Å². The summed E-state index contributed by atoms with van der Waals surface area (Å²) in [6.07, 6.45) is 1.23. The number of benzene rings is 1. The summed E-state index contributed by atoms with van der Waals surface area (Å²) >= 11 is 0. The zero-order valence-corrected chi connectivity index (χ0v) is 12.6. The molecule has 6 heteroatoms. The van der Waals surface area contributed by atoms with Gasteiger partial charge in [0.1, 0.15) is 9.84 Å². The molecule has 108 valence electrons. The van der Waals surface area contributed by atoms with E-state index >= 15 is 0 Å². The average molecular weight is 294 g/mol. The smallest absolute Gasteiger partial charge is 0.213 e. The number of anilines is 1. The molecule has 2 aromatic rings. The third-order valence-corrected chi connectivity index (χ3v) is 3.96. The number of rotatable bonds is 5. The number of methoxy groups -OCH3 is 1. The highest BCUT2D eigenvalue weighted by molar-refractivity contribution is 7.90. The fourth-order valence-electron chi connectivity index (χ4n) is 2.12. The van der Waals surface area contributed by atoms with Crippen molar-refractivity contribution in [2.75, 3.05) is 24.4 Å². The van der Waals surface area contributed by atoms with Crippen LogP contribution < -0.4 is 10.1 Å². The van der Waals surface area contributed by atoms with E-state index in [-0.39, 0.29) is 11.8 Å². The van der Waals surface area contributed by atoms with E-state index in [1.807, 2.05) is 31.2 Å². The molecule has 1 N–H and O–H groups in total. The van der Waals surface area contributed by atoms with Crippen molar-refractivity contribution in [1.29, 1.82) is 0 Å². The van der Waals surface area contributed by atoms with Crippen LogP contribution in [0.5, 0.6) is 5.88 Å². The summed E-state index contributed by atoms with van der Waals surface area (Å²) in [6, 6.07) is 9.27. The lowest BCUT2D eigenvalue weighted by Crippen LogP contribution is -2.25. The van der Waals surface area contributed by atoms with Gasteiger partial charge in [-0.2, -0.15) is 0 Å². The summed E-state index contributed by atoms with van der Waals surface area (Å²) in [5, 5.41) is 4.17. The second-order valence-corrected chi connectivity index (χ2v) is 7.05. The molecular formula is C14H18N2O3S. The van der Waals surface area contributed by atoms with Crippen molar-refractivity contribution in [3.05, 3.63) is 30.3 Å². The van der Waals surface area contributed by atoms with E-state index in [1.165, 1.54) is 6.26 Å². The number of para-hydroxylation sites is 1. The number of hydrogen-bond donors (Lipinski definition) is 1. The van der Waals surface area contributed by atoms with Gasteiger partial charge < -0.3 is 10.1 Å². The van der Waals surface area contributed by atoms with Crippen molar-refractivity contribution in [3.63, 3.8) is 0 Å². The number of fused-ring (bicyclic) bond motifs is 1. The van der Waals surface area contributed by atoms with Crippen LogP contribution in [0.15, 0.2) is 30.3 Å². The lowest BCUT2D eigenvalue weighted by Gasteiger charge is -2.15. The first-order valence-corrected chi connectivity index (χ1v) is 8.33. The highest BCUT2D eigenvalue weighted by Crippen LogP contribution is 2.24. The third-order valence-electron chi connectivity index (χ3n) is 2.86. The molecule has 0 saturated heterocycles. The maximum Gasteiger partial charge on any atom is 0.213 e. The van der Waals surface area contributed by atoms with E-state index < -0.39 is 9.84 Å². The Balaban J connectivity index is 2.34. The summed E-state index contributed by atoms with van der Waals surface area (Å²) in [4.78, 5) is 4.41. The van der Waals surface area contributed by atoms with Gasteiger partial charge in [-0.15, -0.1) is 0 Å². The largest absolute Gasteiger partial charge is 0.481 e. The Hall–Kier alpha value is -1.82. The molecule has 0 spiro atoms. The highest BCUT2D eigenvalue weighted by Gasteiger charge is 2.12. The summed E-state index contributed by atoms with van der Waals surface area (Å²) in [5.41, 5.74) is 1.57. The lowest BCUT2D eigenvalue weighted by molar-refractivity contribution is 0.399. The number of aromatic nitrogens is 1. The number of pyridine rings is 1. The van der Waals surface area contributed by atoms with Crippen molar-refractivity contribution < 1.29 is 13.2 Å². The molecule has 1 heterocycles. The Morgan fingerprint density at radius 2 is 2.05 bits per heavy atom. The molecule has 0 radical (unpaired) electrons. The zero-order chi connectivity index (χ0) is 14.8. The summed E-state index contributed by atoms with van der Waals surface area (Å²) in [7, 11) is -1.45. The Morgan fingerprint density at radius 1 is 1.30 bits per heavy atom. The molecule has 1 aromatic carbocycles. The molecule has 2 rings (SSSR count). The maximum atomic E-state index is 11.3. The minimum absolute atomic E-state index is 0.0767. The Morgan fingerprint density at radius 3 is 2.70 bits per heavy atom. The predicted molar refractivity (Wildman–Crippen MR) is 81.1 cm³/mol. The quantitative estimate of drug-likeness (QED) is 0.914.